The molecule has 0 atom stereocenters. The molecule has 0 aliphatic heterocycles. The molecule has 3 heterocycles. The maximum absolute atomic E-state index is 15.3. The number of imidazole rings is 1. The number of halogens is 1. The van der Waals surface area contributed by atoms with Crippen molar-refractivity contribution in [2.45, 2.75) is 13.3 Å². The molecule has 8 heteroatoms. The molecule has 5 aromatic rings. The van der Waals surface area contributed by atoms with Crippen LogP contribution in [0.1, 0.15) is 29.3 Å². The minimum atomic E-state index is -0.671. The first-order valence-electron chi connectivity index (χ1n) is 11.8. The zero-order valence-corrected chi connectivity index (χ0v) is 20.7. The van der Waals surface area contributed by atoms with Gasteiger partial charge in [0, 0.05) is 37.5 Å². The van der Waals surface area contributed by atoms with Gasteiger partial charge in [-0.2, -0.15) is 5.26 Å². The molecule has 0 saturated heterocycles. The van der Waals surface area contributed by atoms with E-state index in [-0.39, 0.29) is 11.4 Å². The number of fused-ring (bicyclic) bond motifs is 1. The van der Waals surface area contributed by atoms with Gasteiger partial charge in [0.05, 0.1) is 23.2 Å². The van der Waals surface area contributed by atoms with Crippen LogP contribution in [0.2, 0.25) is 0 Å². The van der Waals surface area contributed by atoms with Crippen LogP contribution in [0.4, 0.5) is 21.7 Å². The average molecular weight is 490 g/mol. The number of hydrogen-bond acceptors (Lipinski definition) is 6. The third kappa shape index (κ3) is 4.43. The lowest BCUT2D eigenvalue weighted by molar-refractivity contribution is 0.613. The standard InChI is InChI=1S/C29H24FN7/c1-4-19-17-32-22(16-31)25(30)28(19)37(3)24-15-23-27(33-18-36(23)2)29(34-24)35-26(20-11-7-5-8-12-20)21-13-9-6-10-14-21/h5-15,17-18H,4H2,1-3H3. The molecule has 37 heavy (non-hydrogen) atoms. The molecule has 0 unspecified atom stereocenters. The van der Waals surface area contributed by atoms with Crippen molar-refractivity contribution in [3.63, 3.8) is 0 Å². The lowest BCUT2D eigenvalue weighted by atomic mass is 10.0. The molecule has 7 nitrogen and oxygen atoms in total. The van der Waals surface area contributed by atoms with Gasteiger partial charge in [0.15, 0.2) is 17.3 Å². The first kappa shape index (κ1) is 23.8. The molecule has 0 spiro atoms. The average Bonchev–Trinajstić information content (AvgIpc) is 3.32. The highest BCUT2D eigenvalue weighted by atomic mass is 19.1. The molecule has 0 saturated carbocycles. The summed E-state index contributed by atoms with van der Waals surface area (Å²) in [5.41, 5.74) is 4.73. The predicted molar refractivity (Wildman–Crippen MR) is 143 cm³/mol. The Morgan fingerprint density at radius 1 is 1.05 bits per heavy atom. The van der Waals surface area contributed by atoms with E-state index in [1.165, 1.54) is 6.20 Å². The Labute approximate surface area is 214 Å². The molecule has 0 fully saturated rings. The molecule has 0 aliphatic carbocycles. The summed E-state index contributed by atoms with van der Waals surface area (Å²) >= 11 is 0. The second-order valence-corrected chi connectivity index (χ2v) is 8.54. The number of aryl methyl sites for hydroxylation is 2. The maximum Gasteiger partial charge on any atom is 0.183 e. The van der Waals surface area contributed by atoms with E-state index in [0.29, 0.717) is 29.1 Å². The second-order valence-electron chi connectivity index (χ2n) is 8.54. The van der Waals surface area contributed by atoms with Crippen molar-refractivity contribution in [3.05, 3.63) is 107 Å². The summed E-state index contributed by atoms with van der Waals surface area (Å²) in [6.45, 7) is 1.92. The van der Waals surface area contributed by atoms with Crippen LogP contribution in [-0.2, 0) is 13.5 Å². The van der Waals surface area contributed by atoms with E-state index in [4.69, 9.17) is 9.98 Å². The Balaban J connectivity index is 1.74. The van der Waals surface area contributed by atoms with Gasteiger partial charge in [0.1, 0.15) is 17.4 Å². The van der Waals surface area contributed by atoms with E-state index >= 15 is 4.39 Å². The van der Waals surface area contributed by atoms with Crippen LogP contribution in [0.25, 0.3) is 11.0 Å². The number of aromatic nitrogens is 4. The highest BCUT2D eigenvalue weighted by Gasteiger charge is 2.22. The fourth-order valence-electron chi connectivity index (χ4n) is 4.27. The molecule has 0 N–H and O–H groups in total. The molecule has 0 bridgehead atoms. The Morgan fingerprint density at radius 2 is 1.70 bits per heavy atom. The lowest BCUT2D eigenvalue weighted by Crippen LogP contribution is -2.17. The zero-order valence-electron chi connectivity index (χ0n) is 20.7. The van der Waals surface area contributed by atoms with Crippen molar-refractivity contribution < 1.29 is 4.39 Å². The number of pyridine rings is 2. The number of nitriles is 1. The topological polar surface area (TPSA) is 83.0 Å². The van der Waals surface area contributed by atoms with E-state index < -0.39 is 5.82 Å². The Bertz CT molecular complexity index is 1610. The molecule has 0 aliphatic rings. The molecule has 2 aromatic carbocycles. The van der Waals surface area contributed by atoms with Crippen molar-refractivity contribution in [1.82, 2.24) is 19.5 Å². The van der Waals surface area contributed by atoms with Gasteiger partial charge in [-0.05, 0) is 12.0 Å². The number of nitrogens with zero attached hydrogens (tertiary/aromatic N) is 7. The van der Waals surface area contributed by atoms with E-state index in [2.05, 4.69) is 9.97 Å². The van der Waals surface area contributed by atoms with Crippen LogP contribution in [0, 0.1) is 17.1 Å². The first-order chi connectivity index (χ1) is 18.0. The van der Waals surface area contributed by atoms with Gasteiger partial charge in [-0.15, -0.1) is 0 Å². The normalized spacial score (nSPS) is 10.8. The third-order valence-corrected chi connectivity index (χ3v) is 6.23. The Morgan fingerprint density at radius 3 is 2.30 bits per heavy atom. The van der Waals surface area contributed by atoms with Gasteiger partial charge in [-0.25, -0.2) is 24.3 Å². The van der Waals surface area contributed by atoms with Gasteiger partial charge in [-0.3, -0.25) is 0 Å². The molecular weight excluding hydrogens is 465 g/mol. The summed E-state index contributed by atoms with van der Waals surface area (Å²) in [5.74, 6) is 0.213. The van der Waals surface area contributed by atoms with Gasteiger partial charge in [0.2, 0.25) is 0 Å². The molecule has 0 amide bonds. The second kappa shape index (κ2) is 9.99. The highest BCUT2D eigenvalue weighted by Crippen LogP contribution is 2.34. The van der Waals surface area contributed by atoms with Crippen LogP contribution < -0.4 is 4.90 Å². The maximum atomic E-state index is 15.3. The highest BCUT2D eigenvalue weighted by molar-refractivity contribution is 6.14. The van der Waals surface area contributed by atoms with Crippen LogP contribution in [-0.4, -0.2) is 32.3 Å². The van der Waals surface area contributed by atoms with Crippen molar-refractivity contribution >= 4 is 34.1 Å². The van der Waals surface area contributed by atoms with Crippen LogP contribution in [0.15, 0.2) is 84.2 Å². The monoisotopic (exact) mass is 489 g/mol. The van der Waals surface area contributed by atoms with Crippen LogP contribution >= 0.6 is 0 Å². The summed E-state index contributed by atoms with van der Waals surface area (Å²) in [6.07, 6.45) is 3.79. The lowest BCUT2D eigenvalue weighted by Gasteiger charge is -2.22. The molecule has 5 rings (SSSR count). The van der Waals surface area contributed by atoms with Crippen molar-refractivity contribution in [1.29, 1.82) is 5.26 Å². The predicted octanol–water partition coefficient (Wildman–Crippen LogP) is 5.87. The van der Waals surface area contributed by atoms with E-state index in [1.54, 1.807) is 18.3 Å². The number of anilines is 2. The summed E-state index contributed by atoms with van der Waals surface area (Å²) in [4.78, 5) is 20.0. The number of benzene rings is 2. The van der Waals surface area contributed by atoms with Crippen molar-refractivity contribution in [3.8, 4) is 6.07 Å². The van der Waals surface area contributed by atoms with E-state index in [9.17, 15) is 5.26 Å². The van der Waals surface area contributed by atoms with Crippen molar-refractivity contribution in [2.75, 3.05) is 11.9 Å². The smallest absolute Gasteiger partial charge is 0.183 e. The molecule has 182 valence electrons. The van der Waals surface area contributed by atoms with Crippen LogP contribution in [0.5, 0.6) is 0 Å². The minimum absolute atomic E-state index is 0.255. The molecular formula is C29H24FN7. The summed E-state index contributed by atoms with van der Waals surface area (Å²) in [7, 11) is 3.62. The summed E-state index contributed by atoms with van der Waals surface area (Å²) < 4.78 is 17.2. The molecule has 0 radical (unpaired) electrons. The SMILES string of the molecule is CCc1cnc(C#N)c(F)c1N(C)c1cc2c(ncn2C)c(N=C(c2ccccc2)c2ccccc2)n1. The fourth-order valence-corrected chi connectivity index (χ4v) is 4.27. The molecule has 3 aromatic heterocycles. The van der Waals surface area contributed by atoms with Gasteiger partial charge < -0.3 is 9.47 Å². The van der Waals surface area contributed by atoms with Crippen LogP contribution in [0.3, 0.4) is 0 Å². The van der Waals surface area contributed by atoms with Crippen molar-refractivity contribution in [2.24, 2.45) is 12.0 Å². The largest absolute Gasteiger partial charge is 0.334 e. The quantitative estimate of drug-likeness (QED) is 0.279. The number of aliphatic imine (C=N–C) groups is 1. The first-order valence-corrected chi connectivity index (χ1v) is 11.8. The number of hydrogen-bond donors (Lipinski definition) is 0. The minimum Gasteiger partial charge on any atom is -0.334 e. The van der Waals surface area contributed by atoms with Gasteiger partial charge >= 0.3 is 0 Å². The van der Waals surface area contributed by atoms with E-state index in [0.717, 1.165) is 22.4 Å². The summed E-state index contributed by atoms with van der Waals surface area (Å²) in [5, 5.41) is 9.35. The number of rotatable bonds is 6. The fraction of sp³-hybridized carbons (Fsp3) is 0.138. The van der Waals surface area contributed by atoms with E-state index in [1.807, 2.05) is 91.3 Å². The summed E-state index contributed by atoms with van der Waals surface area (Å²) in [6, 6.07) is 23.5. The van der Waals surface area contributed by atoms with Gasteiger partial charge in [-0.1, -0.05) is 67.6 Å². The third-order valence-electron chi connectivity index (χ3n) is 6.23. The van der Waals surface area contributed by atoms with Gasteiger partial charge in [0.25, 0.3) is 0 Å². The Kier molecular flexibility index (Phi) is 6.43. The Hall–Kier alpha value is -4.90. The zero-order chi connectivity index (χ0) is 25.9.